The number of anilines is 1. The zero-order chi connectivity index (χ0) is 18.5. The van der Waals surface area contributed by atoms with Crippen LogP contribution in [0.2, 0.25) is 5.02 Å². The molecule has 26 heavy (non-hydrogen) atoms. The Hall–Kier alpha value is -0.670. The average molecular weight is 513 g/mol. The predicted molar refractivity (Wildman–Crippen MR) is 126 cm³/mol. The molecule has 5 nitrogen and oxygen atoms in total. The van der Waals surface area contributed by atoms with E-state index in [9.17, 15) is 4.79 Å². The summed E-state index contributed by atoms with van der Waals surface area (Å²) in [5.74, 6) is 1.85. The van der Waals surface area contributed by atoms with E-state index in [0.29, 0.717) is 23.7 Å². The van der Waals surface area contributed by atoms with Crippen LogP contribution in [0, 0.1) is 6.92 Å². The van der Waals surface area contributed by atoms with Crippen molar-refractivity contribution < 1.29 is 4.79 Å². The van der Waals surface area contributed by atoms with Crippen LogP contribution in [0.5, 0.6) is 0 Å². The molecular weight excluding hydrogens is 483 g/mol. The molecule has 1 aromatic carbocycles. The monoisotopic (exact) mass is 512 g/mol. The molecule has 0 aromatic heterocycles. The number of benzene rings is 1. The minimum Gasteiger partial charge on any atom is -0.357 e. The lowest BCUT2D eigenvalue weighted by Crippen LogP contribution is -2.38. The van der Waals surface area contributed by atoms with Crippen LogP contribution < -0.4 is 16.0 Å². The fraction of sp³-hybridized carbons (Fsp3) is 0.556. The van der Waals surface area contributed by atoms with Gasteiger partial charge in [0.15, 0.2) is 5.96 Å². The highest BCUT2D eigenvalue weighted by Crippen LogP contribution is 2.22. The molecule has 8 heteroatoms. The number of carbonyl (C=O) groups is 1. The van der Waals surface area contributed by atoms with E-state index in [1.807, 2.05) is 43.8 Å². The molecule has 0 radical (unpaired) electrons. The molecule has 3 N–H and O–H groups in total. The third-order valence-corrected chi connectivity index (χ3v) is 4.42. The maximum atomic E-state index is 12.0. The summed E-state index contributed by atoms with van der Waals surface area (Å²) in [6, 6.07) is 5.58. The summed E-state index contributed by atoms with van der Waals surface area (Å²) in [5, 5.41) is 9.78. The Bertz CT molecular complexity index is 572. The van der Waals surface area contributed by atoms with Crippen molar-refractivity contribution in [2.45, 2.75) is 33.1 Å². The molecule has 0 saturated heterocycles. The van der Waals surface area contributed by atoms with Gasteiger partial charge in [0.2, 0.25) is 5.91 Å². The number of nitrogens with zero attached hydrogens (tertiary/aromatic N) is 1. The van der Waals surface area contributed by atoms with Crippen molar-refractivity contribution in [3.8, 4) is 0 Å². The van der Waals surface area contributed by atoms with E-state index >= 15 is 0 Å². The normalized spacial score (nSPS) is 10.8. The summed E-state index contributed by atoms with van der Waals surface area (Å²) in [5.41, 5.74) is 1.71. The highest BCUT2D eigenvalue weighted by atomic mass is 127. The molecule has 1 amide bonds. The molecule has 0 saturated carbocycles. The lowest BCUT2D eigenvalue weighted by Gasteiger charge is -2.12. The molecule has 1 aromatic rings. The number of guanidine groups is 1. The van der Waals surface area contributed by atoms with Gasteiger partial charge in [-0.1, -0.05) is 17.7 Å². The highest BCUT2D eigenvalue weighted by molar-refractivity contribution is 14.0. The number of rotatable bonds is 10. The summed E-state index contributed by atoms with van der Waals surface area (Å²) < 4.78 is 0. The van der Waals surface area contributed by atoms with Gasteiger partial charge in [-0.15, -0.1) is 24.0 Å². The number of halogens is 2. The van der Waals surface area contributed by atoms with E-state index in [1.165, 1.54) is 12.2 Å². The van der Waals surface area contributed by atoms with Crippen molar-refractivity contribution in [2.24, 2.45) is 4.99 Å². The predicted octanol–water partition coefficient (Wildman–Crippen LogP) is 4.29. The minimum absolute atomic E-state index is 0. The Balaban J connectivity index is 0.00000625. The molecule has 0 unspecified atom stereocenters. The molecule has 0 spiro atoms. The summed E-state index contributed by atoms with van der Waals surface area (Å²) in [6.07, 6.45) is 4.71. The Morgan fingerprint density at radius 2 is 2.04 bits per heavy atom. The van der Waals surface area contributed by atoms with E-state index in [1.54, 1.807) is 0 Å². The first-order valence-electron chi connectivity index (χ1n) is 8.64. The summed E-state index contributed by atoms with van der Waals surface area (Å²) >= 11 is 7.99. The van der Waals surface area contributed by atoms with Gasteiger partial charge in [-0.25, -0.2) is 0 Å². The van der Waals surface area contributed by atoms with Gasteiger partial charge in [0.05, 0.1) is 10.7 Å². The number of aliphatic imine (C=N–C) groups is 1. The summed E-state index contributed by atoms with van der Waals surface area (Å²) in [7, 11) is 0. The Morgan fingerprint density at radius 3 is 2.69 bits per heavy atom. The van der Waals surface area contributed by atoms with Crippen molar-refractivity contribution in [1.29, 1.82) is 0 Å². The van der Waals surface area contributed by atoms with Crippen molar-refractivity contribution >= 4 is 64.9 Å². The number of unbranched alkanes of at least 4 members (excludes halogenated alkanes) is 1. The van der Waals surface area contributed by atoms with Gasteiger partial charge < -0.3 is 16.0 Å². The van der Waals surface area contributed by atoms with Gasteiger partial charge >= 0.3 is 0 Å². The number of nitrogens with one attached hydrogen (secondary N) is 3. The van der Waals surface area contributed by atoms with Crippen molar-refractivity contribution in [3.63, 3.8) is 0 Å². The standard InChI is InChI=1S/C18H29ClN4OS.HI/c1-4-20-18(21-10-5-6-12-25-3)22-11-9-17(24)23-16-8-7-14(2)13-15(16)19;/h7-8,13H,4-6,9-12H2,1-3H3,(H,23,24)(H2,20,21,22);1H. The minimum atomic E-state index is -0.0749. The van der Waals surface area contributed by atoms with Gasteiger partial charge in [0.1, 0.15) is 0 Å². The Kier molecular flexibility index (Phi) is 15.0. The fourth-order valence-corrected chi connectivity index (χ4v) is 2.89. The number of hydrogen-bond acceptors (Lipinski definition) is 3. The first-order chi connectivity index (χ1) is 12.1. The zero-order valence-electron chi connectivity index (χ0n) is 15.7. The van der Waals surface area contributed by atoms with Crippen LogP contribution in [0.3, 0.4) is 0 Å². The van der Waals surface area contributed by atoms with Gasteiger partial charge in [0.25, 0.3) is 0 Å². The van der Waals surface area contributed by atoms with E-state index in [2.05, 4.69) is 27.2 Å². The van der Waals surface area contributed by atoms with Crippen LogP contribution in [0.25, 0.3) is 0 Å². The Morgan fingerprint density at radius 1 is 1.27 bits per heavy atom. The zero-order valence-corrected chi connectivity index (χ0v) is 19.6. The van der Waals surface area contributed by atoms with Crippen LogP contribution in [0.15, 0.2) is 23.2 Å². The lowest BCUT2D eigenvalue weighted by molar-refractivity contribution is -0.116. The SMILES string of the molecule is CCNC(=NCCCCSC)NCCC(=O)Nc1ccc(C)cc1Cl.I. The Labute approximate surface area is 183 Å². The highest BCUT2D eigenvalue weighted by Gasteiger charge is 2.06. The van der Waals surface area contributed by atoms with E-state index in [4.69, 9.17) is 11.6 Å². The van der Waals surface area contributed by atoms with Crippen LogP contribution in [-0.4, -0.2) is 43.5 Å². The third-order valence-electron chi connectivity index (χ3n) is 3.41. The quantitative estimate of drug-likeness (QED) is 0.189. The second-order valence-electron chi connectivity index (χ2n) is 5.67. The van der Waals surface area contributed by atoms with Gasteiger partial charge in [-0.3, -0.25) is 9.79 Å². The van der Waals surface area contributed by atoms with Crippen LogP contribution >= 0.6 is 47.3 Å². The van der Waals surface area contributed by atoms with Gasteiger partial charge in [-0.2, -0.15) is 11.8 Å². The van der Waals surface area contributed by atoms with Gasteiger partial charge in [-0.05, 0) is 56.4 Å². The third kappa shape index (κ3) is 11.1. The summed E-state index contributed by atoms with van der Waals surface area (Å²) in [6.45, 7) is 6.09. The molecule has 0 fully saturated rings. The second-order valence-corrected chi connectivity index (χ2v) is 7.06. The first-order valence-corrected chi connectivity index (χ1v) is 10.4. The molecule has 148 valence electrons. The molecule has 0 heterocycles. The van der Waals surface area contributed by atoms with Crippen LogP contribution in [-0.2, 0) is 4.79 Å². The molecule has 0 aliphatic carbocycles. The molecule has 0 aliphatic heterocycles. The van der Waals surface area contributed by atoms with E-state index in [0.717, 1.165) is 31.0 Å². The summed E-state index contributed by atoms with van der Waals surface area (Å²) in [4.78, 5) is 16.6. The number of aryl methyl sites for hydroxylation is 1. The number of amides is 1. The molecule has 0 aliphatic rings. The smallest absolute Gasteiger partial charge is 0.226 e. The number of thioether (sulfide) groups is 1. The fourth-order valence-electron chi connectivity index (χ4n) is 2.12. The molecule has 1 rings (SSSR count). The van der Waals surface area contributed by atoms with Crippen LogP contribution in [0.1, 0.15) is 31.7 Å². The average Bonchev–Trinajstić information content (AvgIpc) is 2.57. The lowest BCUT2D eigenvalue weighted by atomic mass is 10.2. The molecule has 0 bridgehead atoms. The van der Waals surface area contributed by atoms with Crippen LogP contribution in [0.4, 0.5) is 5.69 Å². The number of hydrogen-bond donors (Lipinski definition) is 3. The van der Waals surface area contributed by atoms with Crippen molar-refractivity contribution in [3.05, 3.63) is 28.8 Å². The van der Waals surface area contributed by atoms with E-state index in [-0.39, 0.29) is 29.9 Å². The first kappa shape index (κ1) is 25.3. The maximum absolute atomic E-state index is 12.0. The van der Waals surface area contributed by atoms with Crippen molar-refractivity contribution in [2.75, 3.05) is 37.0 Å². The molecular formula is C18H30ClIN4OS. The topological polar surface area (TPSA) is 65.5 Å². The maximum Gasteiger partial charge on any atom is 0.226 e. The molecule has 0 atom stereocenters. The van der Waals surface area contributed by atoms with Gasteiger partial charge in [0, 0.05) is 26.1 Å². The van der Waals surface area contributed by atoms with Crippen molar-refractivity contribution in [1.82, 2.24) is 10.6 Å². The second kappa shape index (κ2) is 15.4. The number of carbonyl (C=O) groups excluding carboxylic acids is 1. The van der Waals surface area contributed by atoms with E-state index < -0.39 is 0 Å². The largest absolute Gasteiger partial charge is 0.357 e.